The summed E-state index contributed by atoms with van der Waals surface area (Å²) in [7, 11) is 0. The number of benzene rings is 3. The number of rotatable bonds is 5. The molecule has 0 unspecified atom stereocenters. The number of carbonyl (C=O) groups is 1. The summed E-state index contributed by atoms with van der Waals surface area (Å²) in [6.07, 6.45) is 0. The zero-order valence-electron chi connectivity index (χ0n) is 12.5. The lowest BCUT2D eigenvalue weighted by molar-refractivity contribution is -0.123. The van der Waals surface area contributed by atoms with Crippen LogP contribution in [-0.4, -0.2) is 12.5 Å². The molecule has 0 fully saturated rings. The summed E-state index contributed by atoms with van der Waals surface area (Å²) < 4.78 is 18.9. The van der Waals surface area contributed by atoms with Gasteiger partial charge in [0.05, 0.1) is 0 Å². The van der Waals surface area contributed by atoms with Crippen molar-refractivity contribution >= 4 is 16.7 Å². The van der Waals surface area contributed by atoms with Crippen molar-refractivity contribution in [2.24, 2.45) is 0 Å². The van der Waals surface area contributed by atoms with E-state index in [0.29, 0.717) is 11.3 Å². The molecule has 0 aliphatic carbocycles. The second kappa shape index (κ2) is 6.92. The monoisotopic (exact) mass is 309 g/mol. The highest BCUT2D eigenvalue weighted by atomic mass is 19.1. The number of hydrogen-bond acceptors (Lipinski definition) is 2. The van der Waals surface area contributed by atoms with Gasteiger partial charge in [0.1, 0.15) is 11.6 Å². The fourth-order valence-electron chi connectivity index (χ4n) is 2.29. The molecule has 0 heterocycles. The van der Waals surface area contributed by atoms with E-state index in [9.17, 15) is 9.18 Å². The van der Waals surface area contributed by atoms with E-state index in [4.69, 9.17) is 4.74 Å². The third kappa shape index (κ3) is 3.86. The highest BCUT2D eigenvalue weighted by Crippen LogP contribution is 2.20. The van der Waals surface area contributed by atoms with Crippen LogP contribution in [0.4, 0.5) is 4.39 Å². The molecule has 0 aliphatic heterocycles. The number of hydrogen-bond donors (Lipinski definition) is 1. The van der Waals surface area contributed by atoms with Gasteiger partial charge >= 0.3 is 0 Å². The molecular weight excluding hydrogens is 293 g/mol. The number of halogens is 1. The predicted molar refractivity (Wildman–Crippen MR) is 87.7 cm³/mol. The second-order valence-corrected chi connectivity index (χ2v) is 5.17. The molecule has 0 atom stereocenters. The highest BCUT2D eigenvalue weighted by molar-refractivity contribution is 5.84. The number of carbonyl (C=O) groups excluding carboxylic acids is 1. The van der Waals surface area contributed by atoms with E-state index in [0.717, 1.165) is 10.8 Å². The zero-order valence-corrected chi connectivity index (χ0v) is 12.5. The minimum absolute atomic E-state index is 0.104. The van der Waals surface area contributed by atoms with Crippen molar-refractivity contribution in [3.05, 3.63) is 78.1 Å². The summed E-state index contributed by atoms with van der Waals surface area (Å²) in [6.45, 7) is 0.0411. The Kier molecular flexibility index (Phi) is 4.52. The van der Waals surface area contributed by atoms with Crippen molar-refractivity contribution in [1.29, 1.82) is 0 Å². The van der Waals surface area contributed by atoms with E-state index < -0.39 is 0 Å². The molecule has 1 amide bonds. The molecule has 0 saturated heterocycles. The molecule has 3 aromatic rings. The lowest BCUT2D eigenvalue weighted by Crippen LogP contribution is -2.28. The van der Waals surface area contributed by atoms with Gasteiger partial charge in [0.25, 0.3) is 5.91 Å². The molecule has 0 saturated carbocycles. The van der Waals surface area contributed by atoms with Crippen LogP contribution in [0.2, 0.25) is 0 Å². The Morgan fingerprint density at radius 1 is 0.957 bits per heavy atom. The summed E-state index contributed by atoms with van der Waals surface area (Å²) in [5.74, 6) is 0.00870. The van der Waals surface area contributed by atoms with Crippen LogP contribution in [-0.2, 0) is 11.3 Å². The van der Waals surface area contributed by atoms with Crippen LogP contribution < -0.4 is 10.1 Å². The van der Waals surface area contributed by atoms with Gasteiger partial charge in [0, 0.05) is 12.1 Å². The minimum atomic E-state index is -0.330. The molecule has 0 bridgehead atoms. The molecule has 116 valence electrons. The Bertz CT molecular complexity index is 832. The fourth-order valence-corrected chi connectivity index (χ4v) is 2.29. The van der Waals surface area contributed by atoms with Crippen molar-refractivity contribution in [3.63, 3.8) is 0 Å². The van der Waals surface area contributed by atoms with Gasteiger partial charge in [-0.25, -0.2) is 4.39 Å². The summed E-state index contributed by atoms with van der Waals surface area (Å²) in [6, 6.07) is 19.9. The van der Waals surface area contributed by atoms with Gasteiger partial charge in [0.2, 0.25) is 0 Å². The Labute approximate surface area is 133 Å². The van der Waals surface area contributed by atoms with Crippen molar-refractivity contribution in [1.82, 2.24) is 5.32 Å². The zero-order chi connectivity index (χ0) is 16.1. The Morgan fingerprint density at radius 2 is 1.70 bits per heavy atom. The van der Waals surface area contributed by atoms with E-state index in [1.54, 1.807) is 18.2 Å². The molecule has 0 radical (unpaired) electrons. The topological polar surface area (TPSA) is 38.3 Å². The SMILES string of the molecule is O=C(COc1ccc2ccccc2c1)NCc1ccccc1F. The van der Waals surface area contributed by atoms with Crippen LogP contribution in [0.1, 0.15) is 5.56 Å². The minimum Gasteiger partial charge on any atom is -0.484 e. The van der Waals surface area contributed by atoms with Gasteiger partial charge in [-0.05, 0) is 29.0 Å². The fraction of sp³-hybridized carbons (Fsp3) is 0.105. The van der Waals surface area contributed by atoms with Crippen LogP contribution in [0.15, 0.2) is 66.7 Å². The first-order valence-corrected chi connectivity index (χ1v) is 7.34. The highest BCUT2D eigenvalue weighted by Gasteiger charge is 2.06. The Morgan fingerprint density at radius 3 is 2.52 bits per heavy atom. The third-order valence-electron chi connectivity index (χ3n) is 3.52. The van der Waals surface area contributed by atoms with Crippen LogP contribution in [0, 0.1) is 5.82 Å². The first kappa shape index (κ1) is 15.0. The lowest BCUT2D eigenvalue weighted by atomic mass is 10.1. The lowest BCUT2D eigenvalue weighted by Gasteiger charge is -2.09. The number of ether oxygens (including phenoxy) is 1. The van der Waals surface area contributed by atoms with Crippen molar-refractivity contribution < 1.29 is 13.9 Å². The smallest absolute Gasteiger partial charge is 0.258 e. The molecule has 1 N–H and O–H groups in total. The largest absolute Gasteiger partial charge is 0.484 e. The molecule has 3 rings (SSSR count). The standard InChI is InChI=1S/C19H16FNO2/c20-18-8-4-3-7-16(18)12-21-19(22)13-23-17-10-9-14-5-1-2-6-15(14)11-17/h1-11H,12-13H2,(H,21,22). The van der Waals surface area contributed by atoms with Crippen molar-refractivity contribution in [2.45, 2.75) is 6.54 Å². The molecule has 3 nitrogen and oxygen atoms in total. The van der Waals surface area contributed by atoms with Crippen LogP contribution in [0.5, 0.6) is 5.75 Å². The van der Waals surface area contributed by atoms with Crippen molar-refractivity contribution in [2.75, 3.05) is 6.61 Å². The van der Waals surface area contributed by atoms with Gasteiger partial charge in [0.15, 0.2) is 6.61 Å². The van der Waals surface area contributed by atoms with E-state index in [2.05, 4.69) is 5.32 Å². The maximum atomic E-state index is 13.5. The first-order chi connectivity index (χ1) is 11.2. The maximum Gasteiger partial charge on any atom is 0.258 e. The van der Waals surface area contributed by atoms with E-state index in [1.807, 2.05) is 42.5 Å². The quantitative estimate of drug-likeness (QED) is 0.781. The molecular formula is C19H16FNO2. The van der Waals surface area contributed by atoms with Gasteiger partial charge in [-0.3, -0.25) is 4.79 Å². The summed E-state index contributed by atoms with van der Waals surface area (Å²) in [5, 5.41) is 4.81. The van der Waals surface area contributed by atoms with Gasteiger partial charge in [-0.2, -0.15) is 0 Å². The molecule has 23 heavy (non-hydrogen) atoms. The Balaban J connectivity index is 1.54. The predicted octanol–water partition coefficient (Wildman–Crippen LogP) is 3.67. The maximum absolute atomic E-state index is 13.5. The molecule has 0 aromatic heterocycles. The average molecular weight is 309 g/mol. The van der Waals surface area contributed by atoms with Gasteiger partial charge in [-0.15, -0.1) is 0 Å². The normalized spacial score (nSPS) is 10.5. The van der Waals surface area contributed by atoms with E-state index in [-0.39, 0.29) is 24.9 Å². The average Bonchev–Trinajstić information content (AvgIpc) is 2.59. The van der Waals surface area contributed by atoms with Crippen molar-refractivity contribution in [3.8, 4) is 5.75 Å². The molecule has 0 aliphatic rings. The molecule has 4 heteroatoms. The number of nitrogens with one attached hydrogen (secondary N) is 1. The van der Waals surface area contributed by atoms with Crippen LogP contribution in [0.3, 0.4) is 0 Å². The van der Waals surface area contributed by atoms with Crippen LogP contribution >= 0.6 is 0 Å². The van der Waals surface area contributed by atoms with E-state index in [1.165, 1.54) is 6.07 Å². The third-order valence-corrected chi connectivity index (χ3v) is 3.52. The number of fused-ring (bicyclic) bond motifs is 1. The van der Waals surface area contributed by atoms with Gasteiger partial charge in [-0.1, -0.05) is 48.5 Å². The van der Waals surface area contributed by atoms with E-state index >= 15 is 0 Å². The first-order valence-electron chi connectivity index (χ1n) is 7.34. The summed E-state index contributed by atoms with van der Waals surface area (Å²) >= 11 is 0. The molecule has 3 aromatic carbocycles. The van der Waals surface area contributed by atoms with Crippen LogP contribution in [0.25, 0.3) is 10.8 Å². The van der Waals surface area contributed by atoms with Gasteiger partial charge < -0.3 is 10.1 Å². The summed E-state index contributed by atoms with van der Waals surface area (Å²) in [5.41, 5.74) is 0.451. The number of amides is 1. The molecule has 0 spiro atoms. The second-order valence-electron chi connectivity index (χ2n) is 5.17. The summed E-state index contributed by atoms with van der Waals surface area (Å²) in [4.78, 5) is 11.8. The Hall–Kier alpha value is -2.88.